The maximum atomic E-state index is 11.5. The Labute approximate surface area is 102 Å². The molecule has 0 saturated carbocycles. The first-order valence-corrected chi connectivity index (χ1v) is 5.81. The molecule has 2 nitrogen and oxygen atoms in total. The summed E-state index contributed by atoms with van der Waals surface area (Å²) in [6, 6.07) is 10.1. The number of hydrogen-bond acceptors (Lipinski definition) is 2. The van der Waals surface area contributed by atoms with Gasteiger partial charge in [0.15, 0.2) is 0 Å². The highest BCUT2D eigenvalue weighted by atomic mass is 16.1. The minimum Gasteiger partial charge on any atom is -0.358 e. The van der Waals surface area contributed by atoms with Crippen molar-refractivity contribution in [3.63, 3.8) is 0 Å². The Bertz CT molecular complexity index is 485. The van der Waals surface area contributed by atoms with Crippen LogP contribution in [0.15, 0.2) is 48.2 Å². The number of nitrogens with one attached hydrogen (secondary N) is 1. The number of hydrogen-bond donors (Lipinski definition) is 1. The van der Waals surface area contributed by atoms with Gasteiger partial charge >= 0.3 is 0 Å². The van der Waals surface area contributed by atoms with Gasteiger partial charge in [-0.05, 0) is 31.4 Å². The number of carbonyl (C=O) groups is 1. The van der Waals surface area contributed by atoms with E-state index in [9.17, 15) is 4.79 Å². The predicted octanol–water partition coefficient (Wildman–Crippen LogP) is 3.13. The lowest BCUT2D eigenvalue weighted by Gasteiger charge is -2.28. The Morgan fingerprint density at radius 1 is 1.35 bits per heavy atom. The fraction of sp³-hybridized carbons (Fsp3) is 0.267. The highest BCUT2D eigenvalue weighted by Crippen LogP contribution is 2.30. The van der Waals surface area contributed by atoms with Crippen LogP contribution in [0.5, 0.6) is 0 Å². The summed E-state index contributed by atoms with van der Waals surface area (Å²) in [6.07, 6.45) is 0.769. The molecular formula is C15H17NO. The largest absolute Gasteiger partial charge is 0.358 e. The van der Waals surface area contributed by atoms with Crippen LogP contribution >= 0.6 is 0 Å². The Kier molecular flexibility index (Phi) is 3.14. The first-order chi connectivity index (χ1) is 8.09. The van der Waals surface area contributed by atoms with Gasteiger partial charge < -0.3 is 5.32 Å². The number of benzene rings is 1. The Balaban J connectivity index is 2.35. The summed E-state index contributed by atoms with van der Waals surface area (Å²) < 4.78 is 0. The number of rotatable bonds is 2. The van der Waals surface area contributed by atoms with Crippen LogP contribution in [0, 0.1) is 5.92 Å². The number of Topliss-reactive ketones (excluding diaryl/α,β-unsaturated/α-hetero) is 1. The first kappa shape index (κ1) is 11.6. The average molecular weight is 227 g/mol. The van der Waals surface area contributed by atoms with Crippen LogP contribution in [0.25, 0.3) is 5.70 Å². The van der Waals surface area contributed by atoms with E-state index in [2.05, 4.69) is 31.0 Å². The zero-order chi connectivity index (χ0) is 12.4. The molecule has 0 spiro atoms. The SMILES string of the molecule is C=C1NC(c2ccccc2)=C(C)CC1C(C)=O. The van der Waals surface area contributed by atoms with E-state index in [1.807, 2.05) is 18.2 Å². The smallest absolute Gasteiger partial charge is 0.139 e. The first-order valence-electron chi connectivity index (χ1n) is 5.81. The van der Waals surface area contributed by atoms with Crippen molar-refractivity contribution < 1.29 is 4.79 Å². The maximum absolute atomic E-state index is 11.5. The summed E-state index contributed by atoms with van der Waals surface area (Å²) in [6.45, 7) is 7.65. The van der Waals surface area contributed by atoms with Crippen molar-refractivity contribution >= 4 is 11.5 Å². The highest BCUT2D eigenvalue weighted by molar-refractivity contribution is 5.84. The molecule has 0 radical (unpaired) electrons. The third-order valence-corrected chi connectivity index (χ3v) is 3.20. The van der Waals surface area contributed by atoms with Crippen molar-refractivity contribution in [3.8, 4) is 0 Å². The van der Waals surface area contributed by atoms with Crippen LogP contribution in [-0.4, -0.2) is 5.78 Å². The Morgan fingerprint density at radius 3 is 2.59 bits per heavy atom. The van der Waals surface area contributed by atoms with E-state index in [4.69, 9.17) is 0 Å². The lowest BCUT2D eigenvalue weighted by molar-refractivity contribution is -0.119. The van der Waals surface area contributed by atoms with Crippen molar-refractivity contribution in [2.45, 2.75) is 20.3 Å². The van der Waals surface area contributed by atoms with E-state index in [-0.39, 0.29) is 11.7 Å². The normalized spacial score (nSPS) is 20.1. The molecule has 1 aromatic rings. The molecular weight excluding hydrogens is 210 g/mol. The monoisotopic (exact) mass is 227 g/mol. The van der Waals surface area contributed by atoms with Gasteiger partial charge in [-0.25, -0.2) is 0 Å². The molecule has 1 aliphatic heterocycles. The Hall–Kier alpha value is -1.83. The van der Waals surface area contributed by atoms with E-state index >= 15 is 0 Å². The van der Waals surface area contributed by atoms with Gasteiger partial charge in [-0.1, -0.05) is 36.9 Å². The van der Waals surface area contributed by atoms with E-state index in [0.717, 1.165) is 23.4 Å². The number of carbonyl (C=O) groups excluding carboxylic acids is 1. The molecule has 1 N–H and O–H groups in total. The molecule has 0 bridgehead atoms. The van der Waals surface area contributed by atoms with Gasteiger partial charge in [-0.15, -0.1) is 0 Å². The summed E-state index contributed by atoms with van der Waals surface area (Å²) in [5.41, 5.74) is 4.26. The topological polar surface area (TPSA) is 29.1 Å². The summed E-state index contributed by atoms with van der Waals surface area (Å²) in [5, 5.41) is 3.28. The molecule has 0 aromatic heterocycles. The third kappa shape index (κ3) is 2.31. The van der Waals surface area contributed by atoms with Crippen molar-refractivity contribution in [2.24, 2.45) is 5.92 Å². The van der Waals surface area contributed by atoms with Crippen LogP contribution < -0.4 is 5.32 Å². The number of allylic oxidation sites excluding steroid dienone is 2. The van der Waals surface area contributed by atoms with Crippen LogP contribution in [0.2, 0.25) is 0 Å². The third-order valence-electron chi connectivity index (χ3n) is 3.20. The van der Waals surface area contributed by atoms with E-state index < -0.39 is 0 Å². The molecule has 88 valence electrons. The average Bonchev–Trinajstić information content (AvgIpc) is 2.32. The second-order valence-electron chi connectivity index (χ2n) is 4.54. The quantitative estimate of drug-likeness (QED) is 0.841. The van der Waals surface area contributed by atoms with Gasteiger partial charge in [-0.2, -0.15) is 0 Å². The van der Waals surface area contributed by atoms with Crippen molar-refractivity contribution in [2.75, 3.05) is 0 Å². The highest BCUT2D eigenvalue weighted by Gasteiger charge is 2.25. The Morgan fingerprint density at radius 2 is 2.00 bits per heavy atom. The van der Waals surface area contributed by atoms with Gasteiger partial charge in [0.05, 0.1) is 5.92 Å². The summed E-state index contributed by atoms with van der Waals surface area (Å²) in [5.74, 6) is 0.0939. The minimum atomic E-state index is -0.0811. The molecule has 0 amide bonds. The lowest BCUT2D eigenvalue weighted by atomic mass is 9.88. The molecule has 1 aliphatic rings. The summed E-state index contributed by atoms with van der Waals surface area (Å²) >= 11 is 0. The standard InChI is InChI=1S/C15H17NO/c1-10-9-14(12(3)17)11(2)16-15(10)13-7-5-4-6-8-13/h4-8,14,16H,2,9H2,1,3H3. The van der Waals surface area contributed by atoms with Gasteiger partial charge in [0, 0.05) is 11.4 Å². The molecule has 0 aliphatic carbocycles. The van der Waals surface area contributed by atoms with E-state index in [0.29, 0.717) is 0 Å². The van der Waals surface area contributed by atoms with Crippen molar-refractivity contribution in [1.29, 1.82) is 0 Å². The summed E-state index contributed by atoms with van der Waals surface area (Å²) in [7, 11) is 0. The second kappa shape index (κ2) is 4.58. The molecule has 1 unspecified atom stereocenters. The molecule has 0 fully saturated rings. The molecule has 1 aromatic carbocycles. The molecule has 0 saturated heterocycles. The molecule has 2 rings (SSSR count). The van der Waals surface area contributed by atoms with Gasteiger partial charge in [-0.3, -0.25) is 4.79 Å². The second-order valence-corrected chi connectivity index (χ2v) is 4.54. The predicted molar refractivity (Wildman–Crippen MR) is 70.1 cm³/mol. The van der Waals surface area contributed by atoms with Crippen LogP contribution in [0.3, 0.4) is 0 Å². The van der Waals surface area contributed by atoms with Gasteiger partial charge in [0.1, 0.15) is 5.78 Å². The maximum Gasteiger partial charge on any atom is 0.139 e. The van der Waals surface area contributed by atoms with E-state index in [1.165, 1.54) is 5.57 Å². The fourth-order valence-electron chi connectivity index (χ4n) is 2.20. The van der Waals surface area contributed by atoms with Gasteiger partial charge in [0.25, 0.3) is 0 Å². The number of ketones is 1. The molecule has 2 heteroatoms. The fourth-order valence-corrected chi connectivity index (χ4v) is 2.20. The molecule has 1 heterocycles. The van der Waals surface area contributed by atoms with Crippen LogP contribution in [0.1, 0.15) is 25.8 Å². The van der Waals surface area contributed by atoms with E-state index in [1.54, 1.807) is 6.92 Å². The van der Waals surface area contributed by atoms with Crippen molar-refractivity contribution in [3.05, 3.63) is 53.7 Å². The molecule has 17 heavy (non-hydrogen) atoms. The lowest BCUT2D eigenvalue weighted by Crippen LogP contribution is -2.29. The van der Waals surface area contributed by atoms with Crippen molar-refractivity contribution in [1.82, 2.24) is 5.32 Å². The van der Waals surface area contributed by atoms with Crippen LogP contribution in [-0.2, 0) is 4.79 Å². The molecule has 1 atom stereocenters. The zero-order valence-corrected chi connectivity index (χ0v) is 10.3. The van der Waals surface area contributed by atoms with Crippen LogP contribution in [0.4, 0.5) is 0 Å². The van der Waals surface area contributed by atoms with Gasteiger partial charge in [0.2, 0.25) is 0 Å². The minimum absolute atomic E-state index is 0.0811. The zero-order valence-electron chi connectivity index (χ0n) is 10.3. The summed E-state index contributed by atoms with van der Waals surface area (Å²) in [4.78, 5) is 11.5.